The smallest absolute Gasteiger partial charge is 0.264 e. The average Bonchev–Trinajstić information content (AvgIpc) is 2.56. The standard InChI is InChI=1S/C20H23NO2/c1-14-11-15(2)16(3)19(12-14)23-13-20(22)21-10-6-8-17-7-4-5-9-18(17)21/h4-5,7,9,11-12H,6,8,10,13H2,1-3H3. The number of hydrogen-bond acceptors (Lipinski definition) is 2. The van der Waals surface area contributed by atoms with Crippen LogP contribution in [0.25, 0.3) is 0 Å². The molecule has 0 unspecified atom stereocenters. The SMILES string of the molecule is Cc1cc(C)c(C)c(OCC(=O)N2CCCc3ccccc32)c1. The maximum Gasteiger partial charge on any atom is 0.264 e. The van der Waals surface area contributed by atoms with Crippen LogP contribution in [0.5, 0.6) is 5.75 Å². The van der Waals surface area contributed by atoms with E-state index in [0.717, 1.165) is 42.0 Å². The molecule has 1 heterocycles. The van der Waals surface area contributed by atoms with Crippen LogP contribution in [0, 0.1) is 20.8 Å². The lowest BCUT2D eigenvalue weighted by molar-refractivity contribution is -0.120. The maximum absolute atomic E-state index is 12.6. The second-order valence-electron chi connectivity index (χ2n) is 6.27. The van der Waals surface area contributed by atoms with Crippen molar-refractivity contribution in [1.29, 1.82) is 0 Å². The van der Waals surface area contributed by atoms with Crippen LogP contribution < -0.4 is 9.64 Å². The normalized spacial score (nSPS) is 13.6. The van der Waals surface area contributed by atoms with E-state index in [1.807, 2.05) is 43.0 Å². The lowest BCUT2D eigenvalue weighted by atomic mass is 10.0. The van der Waals surface area contributed by atoms with Gasteiger partial charge in [-0.2, -0.15) is 0 Å². The predicted octanol–water partition coefficient (Wildman–Crippen LogP) is 3.97. The Morgan fingerprint density at radius 2 is 1.96 bits per heavy atom. The summed E-state index contributed by atoms with van der Waals surface area (Å²) >= 11 is 0. The second-order valence-corrected chi connectivity index (χ2v) is 6.27. The van der Waals surface area contributed by atoms with E-state index in [2.05, 4.69) is 19.1 Å². The topological polar surface area (TPSA) is 29.5 Å². The summed E-state index contributed by atoms with van der Waals surface area (Å²) in [6.45, 7) is 6.99. The number of anilines is 1. The van der Waals surface area contributed by atoms with Gasteiger partial charge < -0.3 is 9.64 Å². The number of rotatable bonds is 3. The van der Waals surface area contributed by atoms with E-state index in [-0.39, 0.29) is 12.5 Å². The van der Waals surface area contributed by atoms with Crippen LogP contribution in [0.4, 0.5) is 5.69 Å². The van der Waals surface area contributed by atoms with Gasteiger partial charge in [0.05, 0.1) is 0 Å². The van der Waals surface area contributed by atoms with E-state index in [1.165, 1.54) is 11.1 Å². The fourth-order valence-corrected chi connectivity index (χ4v) is 3.16. The molecule has 0 fully saturated rings. The maximum atomic E-state index is 12.6. The minimum absolute atomic E-state index is 0.0238. The molecule has 1 aliphatic rings. The number of nitrogens with zero attached hydrogens (tertiary/aromatic N) is 1. The lowest BCUT2D eigenvalue weighted by Gasteiger charge is -2.29. The van der Waals surface area contributed by atoms with Crippen molar-refractivity contribution in [2.75, 3.05) is 18.1 Å². The van der Waals surface area contributed by atoms with Gasteiger partial charge in [-0.1, -0.05) is 24.3 Å². The number of carbonyl (C=O) groups is 1. The van der Waals surface area contributed by atoms with Gasteiger partial charge in [-0.25, -0.2) is 0 Å². The average molecular weight is 309 g/mol. The molecule has 0 aliphatic carbocycles. The Labute approximate surface area is 137 Å². The number of hydrogen-bond donors (Lipinski definition) is 0. The van der Waals surface area contributed by atoms with Crippen molar-refractivity contribution >= 4 is 11.6 Å². The third kappa shape index (κ3) is 3.24. The molecular weight excluding hydrogens is 286 g/mol. The number of ether oxygens (including phenoxy) is 1. The van der Waals surface area contributed by atoms with Gasteiger partial charge in [0, 0.05) is 12.2 Å². The quantitative estimate of drug-likeness (QED) is 0.858. The third-order valence-corrected chi connectivity index (χ3v) is 4.53. The Bertz CT molecular complexity index is 736. The summed E-state index contributed by atoms with van der Waals surface area (Å²) in [5.74, 6) is 0.830. The minimum atomic E-state index is 0.0238. The highest BCUT2D eigenvalue weighted by molar-refractivity contribution is 5.95. The predicted molar refractivity (Wildman–Crippen MR) is 93.3 cm³/mol. The molecule has 0 saturated heterocycles. The molecule has 0 bridgehead atoms. The summed E-state index contributed by atoms with van der Waals surface area (Å²) in [6, 6.07) is 12.3. The van der Waals surface area contributed by atoms with Crippen LogP contribution >= 0.6 is 0 Å². The first-order valence-electron chi connectivity index (χ1n) is 8.15. The molecule has 2 aromatic carbocycles. The van der Waals surface area contributed by atoms with Gasteiger partial charge >= 0.3 is 0 Å². The molecule has 0 spiro atoms. The van der Waals surface area contributed by atoms with Gasteiger partial charge in [0.2, 0.25) is 0 Å². The summed E-state index contributed by atoms with van der Waals surface area (Å²) in [5.41, 5.74) is 5.72. The monoisotopic (exact) mass is 309 g/mol. The molecule has 3 nitrogen and oxygen atoms in total. The highest BCUT2D eigenvalue weighted by Gasteiger charge is 2.22. The van der Waals surface area contributed by atoms with Crippen LogP contribution in [0.1, 0.15) is 28.7 Å². The Morgan fingerprint density at radius 3 is 2.78 bits per heavy atom. The van der Waals surface area contributed by atoms with Gasteiger partial charge in [-0.05, 0) is 68.0 Å². The summed E-state index contributed by atoms with van der Waals surface area (Å²) in [6.07, 6.45) is 2.04. The Hall–Kier alpha value is -2.29. The fourth-order valence-electron chi connectivity index (χ4n) is 3.16. The van der Waals surface area contributed by atoms with Crippen molar-refractivity contribution in [3.63, 3.8) is 0 Å². The van der Waals surface area contributed by atoms with Crippen molar-refractivity contribution in [3.8, 4) is 5.75 Å². The molecule has 1 amide bonds. The van der Waals surface area contributed by atoms with Crippen molar-refractivity contribution in [3.05, 3.63) is 58.7 Å². The Morgan fingerprint density at radius 1 is 1.17 bits per heavy atom. The van der Waals surface area contributed by atoms with Gasteiger partial charge in [-0.15, -0.1) is 0 Å². The van der Waals surface area contributed by atoms with Crippen molar-refractivity contribution < 1.29 is 9.53 Å². The van der Waals surface area contributed by atoms with Crippen LogP contribution in [0.3, 0.4) is 0 Å². The first-order chi connectivity index (χ1) is 11.1. The zero-order chi connectivity index (χ0) is 16.4. The van der Waals surface area contributed by atoms with Crippen LogP contribution in [0.2, 0.25) is 0 Å². The van der Waals surface area contributed by atoms with Crippen LogP contribution in [0.15, 0.2) is 36.4 Å². The van der Waals surface area contributed by atoms with E-state index in [1.54, 1.807) is 0 Å². The molecule has 0 N–H and O–H groups in total. The minimum Gasteiger partial charge on any atom is -0.483 e. The third-order valence-electron chi connectivity index (χ3n) is 4.53. The first kappa shape index (κ1) is 15.6. The molecule has 1 aliphatic heterocycles. The molecule has 3 rings (SSSR count). The van der Waals surface area contributed by atoms with E-state index in [0.29, 0.717) is 0 Å². The summed E-state index contributed by atoms with van der Waals surface area (Å²) in [7, 11) is 0. The van der Waals surface area contributed by atoms with Crippen LogP contribution in [-0.2, 0) is 11.2 Å². The highest BCUT2D eigenvalue weighted by Crippen LogP contribution is 2.27. The van der Waals surface area contributed by atoms with E-state index in [4.69, 9.17) is 4.74 Å². The summed E-state index contributed by atoms with van der Waals surface area (Å²) in [5, 5.41) is 0. The first-order valence-corrected chi connectivity index (χ1v) is 8.15. The molecule has 2 aromatic rings. The molecular formula is C20H23NO2. The summed E-state index contributed by atoms with van der Waals surface area (Å²) < 4.78 is 5.84. The summed E-state index contributed by atoms with van der Waals surface area (Å²) in [4.78, 5) is 14.5. The highest BCUT2D eigenvalue weighted by atomic mass is 16.5. The largest absolute Gasteiger partial charge is 0.483 e. The molecule has 3 heteroatoms. The zero-order valence-electron chi connectivity index (χ0n) is 14.1. The number of amides is 1. The zero-order valence-corrected chi connectivity index (χ0v) is 14.1. The Balaban J connectivity index is 1.74. The van der Waals surface area contributed by atoms with E-state index in [9.17, 15) is 4.79 Å². The van der Waals surface area contributed by atoms with E-state index >= 15 is 0 Å². The number of benzene rings is 2. The Kier molecular flexibility index (Phi) is 4.37. The van der Waals surface area contributed by atoms with Crippen molar-refractivity contribution in [1.82, 2.24) is 0 Å². The van der Waals surface area contributed by atoms with Crippen molar-refractivity contribution in [2.45, 2.75) is 33.6 Å². The van der Waals surface area contributed by atoms with Gasteiger partial charge in [-0.3, -0.25) is 4.79 Å². The van der Waals surface area contributed by atoms with Gasteiger partial charge in [0.1, 0.15) is 5.75 Å². The number of aryl methyl sites for hydroxylation is 3. The van der Waals surface area contributed by atoms with Gasteiger partial charge in [0.25, 0.3) is 5.91 Å². The number of para-hydroxylation sites is 1. The van der Waals surface area contributed by atoms with E-state index < -0.39 is 0 Å². The molecule has 0 radical (unpaired) electrons. The molecule has 120 valence electrons. The number of carbonyl (C=O) groups excluding carboxylic acids is 1. The fraction of sp³-hybridized carbons (Fsp3) is 0.350. The molecule has 23 heavy (non-hydrogen) atoms. The van der Waals surface area contributed by atoms with Crippen LogP contribution in [-0.4, -0.2) is 19.1 Å². The van der Waals surface area contributed by atoms with Gasteiger partial charge in [0.15, 0.2) is 6.61 Å². The number of fused-ring (bicyclic) bond motifs is 1. The molecule has 0 atom stereocenters. The molecule has 0 aromatic heterocycles. The second kappa shape index (κ2) is 6.45. The molecule has 0 saturated carbocycles. The lowest BCUT2D eigenvalue weighted by Crippen LogP contribution is -2.38. The van der Waals surface area contributed by atoms with Crippen molar-refractivity contribution in [2.24, 2.45) is 0 Å².